The lowest BCUT2D eigenvalue weighted by atomic mass is 9.95. The second-order valence-electron chi connectivity index (χ2n) is 5.10. The Morgan fingerprint density at radius 1 is 1.26 bits per heavy atom. The molecule has 1 rings (SSSR count). The first-order valence-electron chi connectivity index (χ1n) is 6.35. The highest BCUT2D eigenvalue weighted by atomic mass is 16.5. The first kappa shape index (κ1) is 15.3. The van der Waals surface area contributed by atoms with Crippen molar-refractivity contribution in [3.63, 3.8) is 0 Å². The number of aliphatic hydroxyl groups excluding tert-OH is 1. The van der Waals surface area contributed by atoms with E-state index in [0.29, 0.717) is 18.8 Å². The highest BCUT2D eigenvalue weighted by Crippen LogP contribution is 2.18. The van der Waals surface area contributed by atoms with Crippen LogP contribution in [0.2, 0.25) is 0 Å². The summed E-state index contributed by atoms with van der Waals surface area (Å²) in [7, 11) is 0. The maximum absolute atomic E-state index is 11.2. The fourth-order valence-electron chi connectivity index (χ4n) is 1.35. The number of anilines is 2. The average Bonchev–Trinajstić information content (AvgIpc) is 2.38. The topological polar surface area (TPSA) is 70.6 Å². The third kappa shape index (κ3) is 5.61. The molecular formula is C14H22N2O3. The van der Waals surface area contributed by atoms with E-state index in [0.717, 1.165) is 5.69 Å². The normalized spacial score (nSPS) is 10.9. The number of carbonyl (C=O) groups excluding carboxylic acids is 1. The number of nitrogens with one attached hydrogen (secondary N) is 2. The van der Waals surface area contributed by atoms with Gasteiger partial charge in [0, 0.05) is 29.9 Å². The molecule has 0 aliphatic carbocycles. The van der Waals surface area contributed by atoms with Crippen molar-refractivity contribution in [2.45, 2.75) is 20.8 Å². The van der Waals surface area contributed by atoms with Crippen molar-refractivity contribution in [3.05, 3.63) is 24.3 Å². The summed E-state index contributed by atoms with van der Waals surface area (Å²) in [5.74, 6) is 0. The number of hydrogen-bond acceptors (Lipinski definition) is 4. The fraction of sp³-hybridized carbons (Fsp3) is 0.500. The molecule has 0 spiro atoms. The molecular weight excluding hydrogens is 244 g/mol. The van der Waals surface area contributed by atoms with E-state index in [4.69, 9.17) is 9.84 Å². The van der Waals surface area contributed by atoms with E-state index in [-0.39, 0.29) is 12.0 Å². The summed E-state index contributed by atoms with van der Waals surface area (Å²) < 4.78 is 4.79. The summed E-state index contributed by atoms with van der Waals surface area (Å²) in [4.78, 5) is 11.2. The average molecular weight is 266 g/mol. The fourth-order valence-corrected chi connectivity index (χ4v) is 1.35. The Hall–Kier alpha value is -1.75. The van der Waals surface area contributed by atoms with Gasteiger partial charge in [0.15, 0.2) is 0 Å². The smallest absolute Gasteiger partial charge is 0.411 e. The van der Waals surface area contributed by atoms with Crippen molar-refractivity contribution in [3.8, 4) is 0 Å². The SMILES string of the molecule is CCOC(=O)Nc1ccc(NCC(C)(C)CO)cc1. The number of benzene rings is 1. The number of hydrogen-bond donors (Lipinski definition) is 3. The Morgan fingerprint density at radius 3 is 2.37 bits per heavy atom. The van der Waals surface area contributed by atoms with Crippen LogP contribution < -0.4 is 10.6 Å². The predicted molar refractivity (Wildman–Crippen MR) is 76.4 cm³/mol. The lowest BCUT2D eigenvalue weighted by Crippen LogP contribution is -2.26. The number of rotatable bonds is 6. The number of ether oxygens (including phenoxy) is 1. The molecule has 106 valence electrons. The van der Waals surface area contributed by atoms with Gasteiger partial charge >= 0.3 is 6.09 Å². The van der Waals surface area contributed by atoms with Crippen molar-refractivity contribution in [2.75, 3.05) is 30.4 Å². The minimum absolute atomic E-state index is 0.127. The van der Waals surface area contributed by atoms with Crippen LogP contribution in [0.15, 0.2) is 24.3 Å². The van der Waals surface area contributed by atoms with Gasteiger partial charge in [0.05, 0.1) is 6.61 Å². The summed E-state index contributed by atoms with van der Waals surface area (Å²) >= 11 is 0. The molecule has 0 unspecified atom stereocenters. The maximum Gasteiger partial charge on any atom is 0.411 e. The zero-order valence-corrected chi connectivity index (χ0v) is 11.7. The lowest BCUT2D eigenvalue weighted by Gasteiger charge is -2.22. The van der Waals surface area contributed by atoms with E-state index >= 15 is 0 Å². The summed E-state index contributed by atoms with van der Waals surface area (Å²) in [6.07, 6.45) is -0.454. The molecule has 0 atom stereocenters. The first-order valence-corrected chi connectivity index (χ1v) is 6.35. The lowest BCUT2D eigenvalue weighted by molar-refractivity contribution is 0.168. The monoisotopic (exact) mass is 266 g/mol. The van der Waals surface area contributed by atoms with Crippen LogP contribution in [0.5, 0.6) is 0 Å². The molecule has 5 nitrogen and oxygen atoms in total. The number of carbonyl (C=O) groups is 1. The molecule has 5 heteroatoms. The van der Waals surface area contributed by atoms with Gasteiger partial charge in [-0.15, -0.1) is 0 Å². The highest BCUT2D eigenvalue weighted by molar-refractivity contribution is 5.84. The standard InChI is InChI=1S/C14H22N2O3/c1-4-19-13(18)16-12-7-5-11(6-8-12)15-9-14(2,3)10-17/h5-8,15,17H,4,9-10H2,1-3H3,(H,16,18). The van der Waals surface area contributed by atoms with E-state index in [9.17, 15) is 4.79 Å². The molecule has 0 saturated heterocycles. The summed E-state index contributed by atoms with van der Waals surface area (Å²) in [5.41, 5.74) is 1.46. The molecule has 1 aromatic rings. The largest absolute Gasteiger partial charge is 0.450 e. The van der Waals surface area contributed by atoms with E-state index in [1.54, 1.807) is 19.1 Å². The molecule has 0 aliphatic heterocycles. The van der Waals surface area contributed by atoms with Gasteiger partial charge < -0.3 is 15.2 Å². The van der Waals surface area contributed by atoms with Crippen LogP contribution in [0.25, 0.3) is 0 Å². The highest BCUT2D eigenvalue weighted by Gasteiger charge is 2.15. The second-order valence-corrected chi connectivity index (χ2v) is 5.10. The van der Waals surface area contributed by atoms with Gasteiger partial charge in [-0.1, -0.05) is 13.8 Å². The van der Waals surface area contributed by atoms with Crippen LogP contribution in [-0.4, -0.2) is 31.0 Å². The first-order chi connectivity index (χ1) is 8.96. The van der Waals surface area contributed by atoms with Crippen molar-refractivity contribution < 1.29 is 14.6 Å². The Balaban J connectivity index is 2.50. The van der Waals surface area contributed by atoms with Crippen molar-refractivity contribution >= 4 is 17.5 Å². The van der Waals surface area contributed by atoms with Gasteiger partial charge in [0.1, 0.15) is 0 Å². The third-order valence-corrected chi connectivity index (χ3v) is 2.61. The van der Waals surface area contributed by atoms with E-state index in [2.05, 4.69) is 10.6 Å². The molecule has 0 heterocycles. The van der Waals surface area contributed by atoms with Gasteiger partial charge in [-0.05, 0) is 31.2 Å². The van der Waals surface area contributed by atoms with Gasteiger partial charge in [-0.25, -0.2) is 4.79 Å². The molecule has 1 amide bonds. The van der Waals surface area contributed by atoms with Gasteiger partial charge in [0.25, 0.3) is 0 Å². The maximum atomic E-state index is 11.2. The van der Waals surface area contributed by atoms with Gasteiger partial charge in [-0.2, -0.15) is 0 Å². The van der Waals surface area contributed by atoms with Crippen molar-refractivity contribution in [2.24, 2.45) is 5.41 Å². The molecule has 3 N–H and O–H groups in total. The Bertz CT molecular complexity index is 402. The van der Waals surface area contributed by atoms with Crippen molar-refractivity contribution in [1.29, 1.82) is 0 Å². The number of amides is 1. The quantitative estimate of drug-likeness (QED) is 0.740. The molecule has 1 aromatic carbocycles. The predicted octanol–water partition coefficient (Wildman–Crippen LogP) is 2.69. The zero-order valence-electron chi connectivity index (χ0n) is 11.7. The molecule has 19 heavy (non-hydrogen) atoms. The number of aliphatic hydroxyl groups is 1. The molecule has 0 saturated carbocycles. The van der Waals surface area contributed by atoms with Crippen LogP contribution >= 0.6 is 0 Å². The van der Waals surface area contributed by atoms with Gasteiger partial charge in [0.2, 0.25) is 0 Å². The van der Waals surface area contributed by atoms with Gasteiger partial charge in [-0.3, -0.25) is 5.32 Å². The Labute approximate surface area is 114 Å². The second kappa shape index (κ2) is 6.99. The van der Waals surface area contributed by atoms with Crippen LogP contribution in [-0.2, 0) is 4.74 Å². The summed E-state index contributed by atoms with van der Waals surface area (Å²) in [6.45, 7) is 6.88. The van der Waals surface area contributed by atoms with E-state index in [1.807, 2.05) is 26.0 Å². The molecule has 0 bridgehead atoms. The molecule has 0 aromatic heterocycles. The molecule has 0 radical (unpaired) electrons. The van der Waals surface area contributed by atoms with E-state index in [1.165, 1.54) is 0 Å². The summed E-state index contributed by atoms with van der Waals surface area (Å²) in [6, 6.07) is 7.33. The molecule has 0 fully saturated rings. The van der Waals surface area contributed by atoms with Crippen molar-refractivity contribution in [1.82, 2.24) is 0 Å². The Kier molecular flexibility index (Phi) is 5.63. The third-order valence-electron chi connectivity index (χ3n) is 2.61. The van der Waals surface area contributed by atoms with Crippen LogP contribution in [0.3, 0.4) is 0 Å². The Morgan fingerprint density at radius 2 is 1.84 bits per heavy atom. The van der Waals surface area contributed by atoms with Crippen LogP contribution in [0.1, 0.15) is 20.8 Å². The summed E-state index contributed by atoms with van der Waals surface area (Å²) in [5, 5.41) is 15.0. The zero-order chi connectivity index (χ0) is 14.3. The van der Waals surface area contributed by atoms with Crippen LogP contribution in [0, 0.1) is 5.41 Å². The minimum Gasteiger partial charge on any atom is -0.450 e. The van der Waals surface area contributed by atoms with E-state index < -0.39 is 6.09 Å². The molecule has 0 aliphatic rings. The van der Waals surface area contributed by atoms with Crippen LogP contribution in [0.4, 0.5) is 16.2 Å². The minimum atomic E-state index is -0.454.